The summed E-state index contributed by atoms with van der Waals surface area (Å²) >= 11 is -2.04. The Morgan fingerprint density at radius 3 is 2.16 bits per heavy atom. The third kappa shape index (κ3) is 2.45. The molecule has 2 nitrogen and oxygen atoms in total. The fourth-order valence-electron chi connectivity index (χ4n) is 5.59. The van der Waals surface area contributed by atoms with Crippen LogP contribution in [-0.2, 0) is 7.05 Å². The molecular formula is C29H31GeN2+. The number of hydrogen-bond donors (Lipinski definition) is 0. The Morgan fingerprint density at radius 1 is 0.750 bits per heavy atom. The molecule has 0 saturated carbocycles. The van der Waals surface area contributed by atoms with Crippen LogP contribution in [0.4, 0.5) is 0 Å². The van der Waals surface area contributed by atoms with Gasteiger partial charge in [-0.2, -0.15) is 0 Å². The maximum absolute atomic E-state index is 2.59. The zero-order valence-electron chi connectivity index (χ0n) is 20.4. The summed E-state index contributed by atoms with van der Waals surface area (Å²) in [7, 11) is 2.20. The summed E-state index contributed by atoms with van der Waals surface area (Å²) in [4.78, 5) is 0. The van der Waals surface area contributed by atoms with Gasteiger partial charge in [0.2, 0.25) is 0 Å². The van der Waals surface area contributed by atoms with Gasteiger partial charge in [-0.15, -0.1) is 0 Å². The van der Waals surface area contributed by atoms with Gasteiger partial charge in [0, 0.05) is 0 Å². The molecule has 0 amide bonds. The fourth-order valence-corrected chi connectivity index (χ4v) is 8.02. The number of pyridine rings is 2. The summed E-state index contributed by atoms with van der Waals surface area (Å²) in [6, 6.07) is 14.5. The van der Waals surface area contributed by atoms with E-state index < -0.39 is 13.3 Å². The van der Waals surface area contributed by atoms with Crippen molar-refractivity contribution < 1.29 is 4.57 Å². The zero-order valence-corrected chi connectivity index (χ0v) is 22.5. The summed E-state index contributed by atoms with van der Waals surface area (Å²) in [6.07, 6.45) is 2.25. The van der Waals surface area contributed by atoms with Crippen molar-refractivity contribution in [1.82, 2.24) is 4.40 Å². The van der Waals surface area contributed by atoms with Crippen LogP contribution in [0.5, 0.6) is 0 Å². The third-order valence-electron chi connectivity index (χ3n) is 7.74. The van der Waals surface area contributed by atoms with Gasteiger partial charge in [-0.05, 0) is 0 Å². The molecule has 6 aromatic rings. The zero-order chi connectivity index (χ0) is 22.7. The first-order valence-electron chi connectivity index (χ1n) is 11.6. The van der Waals surface area contributed by atoms with Crippen LogP contribution in [0.1, 0.15) is 22.3 Å². The molecule has 3 aromatic carbocycles. The van der Waals surface area contributed by atoms with E-state index in [1.165, 1.54) is 71.3 Å². The number of aryl methyl sites for hydroxylation is 5. The fraction of sp³-hybridized carbons (Fsp3) is 0.276. The Kier molecular flexibility index (Phi) is 3.92. The first kappa shape index (κ1) is 20.1. The quantitative estimate of drug-likeness (QED) is 0.109. The Labute approximate surface area is 192 Å². The molecule has 0 fully saturated rings. The molecule has 3 aromatic heterocycles. The van der Waals surface area contributed by atoms with E-state index in [2.05, 4.69) is 104 Å². The molecular weight excluding hydrogens is 449 g/mol. The minimum atomic E-state index is -2.04. The molecule has 3 heteroatoms. The van der Waals surface area contributed by atoms with Gasteiger partial charge in [0.05, 0.1) is 0 Å². The second kappa shape index (κ2) is 6.26. The number of hydrogen-bond acceptors (Lipinski definition) is 0. The molecule has 3 heterocycles. The van der Waals surface area contributed by atoms with Crippen molar-refractivity contribution in [1.29, 1.82) is 0 Å². The van der Waals surface area contributed by atoms with Gasteiger partial charge in [-0.1, -0.05) is 0 Å². The standard InChI is InChI=1S/C29H31GeN2/c1-16-11-22-23-12-18(3)19(4)26-28(23)32(24(22)13-17(16)2)25-15-21(30(5,6)7)14-20-9-10-31(8)29(26)27(20)25/h9-15H,1-8H3/q+1. The van der Waals surface area contributed by atoms with Crippen molar-refractivity contribution in [2.45, 2.75) is 45.0 Å². The Hall–Kier alpha value is -2.59. The molecule has 0 radical (unpaired) electrons. The predicted octanol–water partition coefficient (Wildman–Crippen LogP) is 6.59. The molecule has 0 saturated heterocycles. The van der Waals surface area contributed by atoms with Crippen LogP contribution in [0.25, 0.3) is 49.0 Å². The summed E-state index contributed by atoms with van der Waals surface area (Å²) in [5.41, 5.74) is 10.9. The Morgan fingerprint density at radius 2 is 1.44 bits per heavy atom. The summed E-state index contributed by atoms with van der Waals surface area (Å²) in [5.74, 6) is 7.50. The molecule has 0 unspecified atom stereocenters. The van der Waals surface area contributed by atoms with E-state index in [1.54, 1.807) is 4.40 Å². The van der Waals surface area contributed by atoms with Gasteiger partial charge in [0.25, 0.3) is 0 Å². The van der Waals surface area contributed by atoms with Crippen molar-refractivity contribution in [2.75, 3.05) is 0 Å². The van der Waals surface area contributed by atoms with Crippen molar-refractivity contribution in [3.63, 3.8) is 0 Å². The van der Waals surface area contributed by atoms with Gasteiger partial charge >= 0.3 is 192 Å². The second-order valence-corrected chi connectivity index (χ2v) is 21.5. The molecule has 160 valence electrons. The van der Waals surface area contributed by atoms with Crippen LogP contribution in [0.2, 0.25) is 17.3 Å². The van der Waals surface area contributed by atoms with Gasteiger partial charge in [0.15, 0.2) is 0 Å². The number of aromatic nitrogens is 2. The van der Waals surface area contributed by atoms with E-state index in [0.29, 0.717) is 0 Å². The number of rotatable bonds is 1. The van der Waals surface area contributed by atoms with E-state index in [4.69, 9.17) is 0 Å². The third-order valence-corrected chi connectivity index (χ3v) is 12.0. The van der Waals surface area contributed by atoms with Gasteiger partial charge in [-0.25, -0.2) is 0 Å². The van der Waals surface area contributed by atoms with E-state index in [1.807, 2.05) is 0 Å². The van der Waals surface area contributed by atoms with Crippen LogP contribution in [0.3, 0.4) is 0 Å². The number of fused-ring (bicyclic) bond motifs is 5. The molecule has 0 spiro atoms. The number of benzene rings is 3. The Balaban J connectivity index is 2.08. The molecule has 32 heavy (non-hydrogen) atoms. The molecule has 0 aliphatic carbocycles. The van der Waals surface area contributed by atoms with E-state index >= 15 is 0 Å². The minimum absolute atomic E-state index is 1.34. The van der Waals surface area contributed by atoms with Gasteiger partial charge in [0.1, 0.15) is 0 Å². The van der Waals surface area contributed by atoms with E-state index in [-0.39, 0.29) is 0 Å². The summed E-state index contributed by atoms with van der Waals surface area (Å²) < 4.78 is 6.49. The van der Waals surface area contributed by atoms with E-state index in [0.717, 1.165) is 0 Å². The topological polar surface area (TPSA) is 8.29 Å². The monoisotopic (exact) mass is 481 g/mol. The van der Waals surface area contributed by atoms with Crippen LogP contribution in [-0.4, -0.2) is 17.7 Å². The van der Waals surface area contributed by atoms with E-state index in [9.17, 15) is 0 Å². The average Bonchev–Trinajstić information content (AvgIpc) is 3.02. The van der Waals surface area contributed by atoms with Gasteiger partial charge < -0.3 is 0 Å². The summed E-state index contributed by atoms with van der Waals surface area (Å²) in [5, 5.41) is 6.92. The van der Waals surface area contributed by atoms with Crippen molar-refractivity contribution >= 4 is 66.7 Å². The van der Waals surface area contributed by atoms with Crippen molar-refractivity contribution in [3.05, 3.63) is 64.8 Å². The van der Waals surface area contributed by atoms with Crippen molar-refractivity contribution in [2.24, 2.45) is 7.05 Å². The number of nitrogens with zero attached hydrogens (tertiary/aromatic N) is 2. The molecule has 0 aliphatic rings. The molecule has 6 rings (SSSR count). The maximum atomic E-state index is 2.59. The van der Waals surface area contributed by atoms with Crippen LogP contribution < -0.4 is 8.96 Å². The van der Waals surface area contributed by atoms with Gasteiger partial charge in [-0.3, -0.25) is 0 Å². The molecule has 0 bridgehead atoms. The van der Waals surface area contributed by atoms with Crippen LogP contribution in [0.15, 0.2) is 42.6 Å². The molecule has 0 atom stereocenters. The normalized spacial score (nSPS) is 13.0. The second-order valence-electron chi connectivity index (χ2n) is 10.9. The predicted molar refractivity (Wildman–Crippen MR) is 142 cm³/mol. The van der Waals surface area contributed by atoms with Crippen LogP contribution in [0, 0.1) is 27.7 Å². The SMILES string of the molecule is Cc1cc2c3cc(C)c(C)c4c3n(c2cc1C)c1c[c]([Ge]([CH3])([CH3])[CH3])cc2cc[n+](C)c4c21. The molecule has 0 aliphatic heterocycles. The average molecular weight is 480 g/mol. The van der Waals surface area contributed by atoms with Crippen LogP contribution >= 0.6 is 0 Å². The molecule has 0 N–H and O–H groups in total. The summed E-state index contributed by atoms with van der Waals surface area (Å²) in [6.45, 7) is 9.04. The first-order chi connectivity index (χ1) is 15.1. The Bertz CT molecular complexity index is 1750. The first-order valence-corrected chi connectivity index (χ1v) is 19.0. The van der Waals surface area contributed by atoms with Crippen molar-refractivity contribution in [3.8, 4) is 0 Å².